The standard InChI is InChI=1S/C20H36O3/c1-14-8-9-19(4)15(6-7-16-20(19,5)23-16)18(14,3)11-10-17(2,22)12-13-21/h14-16,21-22H,6-13H2,1-5H3. The molecule has 134 valence electrons. The number of aliphatic hydroxyl groups excluding tert-OH is 1. The van der Waals surface area contributed by atoms with E-state index in [4.69, 9.17) is 4.74 Å². The first-order valence-corrected chi connectivity index (χ1v) is 9.60. The van der Waals surface area contributed by atoms with Gasteiger partial charge in [-0.05, 0) is 76.0 Å². The van der Waals surface area contributed by atoms with Crippen LogP contribution in [0.1, 0.15) is 79.6 Å². The van der Waals surface area contributed by atoms with Crippen molar-refractivity contribution in [2.45, 2.75) is 96.9 Å². The van der Waals surface area contributed by atoms with E-state index in [1.54, 1.807) is 0 Å². The lowest BCUT2D eigenvalue weighted by atomic mass is 9.44. The van der Waals surface area contributed by atoms with Crippen molar-refractivity contribution in [1.82, 2.24) is 0 Å². The Morgan fingerprint density at radius 3 is 2.48 bits per heavy atom. The Balaban J connectivity index is 1.81. The van der Waals surface area contributed by atoms with E-state index in [1.807, 2.05) is 6.92 Å². The van der Waals surface area contributed by atoms with E-state index in [-0.39, 0.29) is 23.0 Å². The van der Waals surface area contributed by atoms with Gasteiger partial charge in [0.05, 0.1) is 17.3 Å². The van der Waals surface area contributed by atoms with Crippen LogP contribution in [0.25, 0.3) is 0 Å². The molecule has 23 heavy (non-hydrogen) atoms. The summed E-state index contributed by atoms with van der Waals surface area (Å²) < 4.78 is 6.17. The fourth-order valence-electron chi connectivity index (χ4n) is 6.08. The number of epoxide rings is 1. The summed E-state index contributed by atoms with van der Waals surface area (Å²) in [4.78, 5) is 0. The van der Waals surface area contributed by atoms with Crippen molar-refractivity contribution in [1.29, 1.82) is 0 Å². The maximum Gasteiger partial charge on any atom is 0.0976 e. The first-order valence-electron chi connectivity index (χ1n) is 9.60. The molecule has 1 heterocycles. The van der Waals surface area contributed by atoms with Crippen molar-refractivity contribution in [2.24, 2.45) is 22.7 Å². The largest absolute Gasteiger partial charge is 0.396 e. The predicted octanol–water partition coefficient (Wildman–Crippen LogP) is 3.91. The van der Waals surface area contributed by atoms with E-state index in [9.17, 15) is 10.2 Å². The fraction of sp³-hybridized carbons (Fsp3) is 1.00. The lowest BCUT2D eigenvalue weighted by molar-refractivity contribution is -0.111. The van der Waals surface area contributed by atoms with Gasteiger partial charge in [-0.3, -0.25) is 0 Å². The normalized spacial score (nSPS) is 51.5. The zero-order chi connectivity index (χ0) is 17.1. The molecule has 2 saturated carbocycles. The second-order valence-electron chi connectivity index (χ2n) is 9.68. The van der Waals surface area contributed by atoms with Gasteiger partial charge >= 0.3 is 0 Å². The van der Waals surface area contributed by atoms with E-state index in [1.165, 1.54) is 25.7 Å². The van der Waals surface area contributed by atoms with Crippen LogP contribution in [0.3, 0.4) is 0 Å². The third-order valence-electron chi connectivity index (χ3n) is 8.44. The summed E-state index contributed by atoms with van der Waals surface area (Å²) >= 11 is 0. The highest BCUT2D eigenvalue weighted by Crippen LogP contribution is 2.70. The zero-order valence-electron chi connectivity index (χ0n) is 15.7. The van der Waals surface area contributed by atoms with Crippen LogP contribution in [-0.2, 0) is 4.74 Å². The van der Waals surface area contributed by atoms with E-state index in [2.05, 4.69) is 27.7 Å². The molecule has 3 heteroatoms. The minimum absolute atomic E-state index is 0.0635. The Labute approximate surface area is 141 Å². The summed E-state index contributed by atoms with van der Waals surface area (Å²) in [6.07, 6.45) is 7.78. The molecule has 3 aliphatic rings. The molecule has 1 saturated heterocycles. The highest BCUT2D eigenvalue weighted by atomic mass is 16.6. The Morgan fingerprint density at radius 2 is 1.83 bits per heavy atom. The summed E-state index contributed by atoms with van der Waals surface area (Å²) in [5.74, 6) is 1.36. The maximum absolute atomic E-state index is 10.5. The summed E-state index contributed by atoms with van der Waals surface area (Å²) in [6, 6.07) is 0. The van der Waals surface area contributed by atoms with Crippen LogP contribution in [-0.4, -0.2) is 34.1 Å². The third-order valence-corrected chi connectivity index (χ3v) is 8.44. The van der Waals surface area contributed by atoms with Crippen LogP contribution in [0, 0.1) is 22.7 Å². The zero-order valence-corrected chi connectivity index (χ0v) is 15.7. The minimum atomic E-state index is -0.748. The molecule has 3 nitrogen and oxygen atoms in total. The average Bonchev–Trinajstić information content (AvgIpc) is 3.15. The molecule has 3 fully saturated rings. The number of fused-ring (bicyclic) bond motifs is 3. The van der Waals surface area contributed by atoms with Crippen LogP contribution in [0.4, 0.5) is 0 Å². The molecule has 2 aliphatic carbocycles. The third kappa shape index (κ3) is 2.58. The monoisotopic (exact) mass is 324 g/mol. The van der Waals surface area contributed by atoms with Crippen LogP contribution in [0.2, 0.25) is 0 Å². The molecule has 0 aromatic rings. The second-order valence-corrected chi connectivity index (χ2v) is 9.68. The lowest BCUT2D eigenvalue weighted by Gasteiger charge is -2.59. The van der Waals surface area contributed by atoms with Crippen LogP contribution < -0.4 is 0 Å². The summed E-state index contributed by atoms with van der Waals surface area (Å²) in [7, 11) is 0. The number of hydrogen-bond donors (Lipinski definition) is 2. The first kappa shape index (κ1) is 17.7. The fourth-order valence-corrected chi connectivity index (χ4v) is 6.08. The lowest BCUT2D eigenvalue weighted by Crippen LogP contribution is -2.56. The van der Waals surface area contributed by atoms with Gasteiger partial charge in [0.15, 0.2) is 0 Å². The summed E-state index contributed by atoms with van der Waals surface area (Å²) in [5, 5.41) is 19.7. The topological polar surface area (TPSA) is 53.0 Å². The molecule has 0 aromatic heterocycles. The molecule has 0 aromatic carbocycles. The Kier molecular flexibility index (Phi) is 4.18. The van der Waals surface area contributed by atoms with Gasteiger partial charge in [-0.1, -0.05) is 20.8 Å². The number of hydrogen-bond acceptors (Lipinski definition) is 3. The summed E-state index contributed by atoms with van der Waals surface area (Å²) in [5.41, 5.74) is -0.125. The molecule has 3 rings (SSSR count). The van der Waals surface area contributed by atoms with Gasteiger partial charge in [0.2, 0.25) is 0 Å². The molecule has 0 spiro atoms. The SMILES string of the molecule is CC1CCC2(C)C(CCC3OC32C)C1(C)CCC(C)(O)CCO. The van der Waals surface area contributed by atoms with Gasteiger partial charge in [-0.25, -0.2) is 0 Å². The molecular formula is C20H36O3. The Morgan fingerprint density at radius 1 is 1.13 bits per heavy atom. The van der Waals surface area contributed by atoms with Gasteiger partial charge in [0, 0.05) is 12.0 Å². The van der Waals surface area contributed by atoms with Gasteiger partial charge in [0.25, 0.3) is 0 Å². The quantitative estimate of drug-likeness (QED) is 0.754. The van der Waals surface area contributed by atoms with Crippen molar-refractivity contribution in [3.63, 3.8) is 0 Å². The molecule has 1 aliphatic heterocycles. The van der Waals surface area contributed by atoms with E-state index in [0.717, 1.165) is 12.8 Å². The smallest absolute Gasteiger partial charge is 0.0976 e. The Bertz CT molecular complexity index is 462. The van der Waals surface area contributed by atoms with Gasteiger partial charge in [-0.2, -0.15) is 0 Å². The van der Waals surface area contributed by atoms with Crippen molar-refractivity contribution in [3.05, 3.63) is 0 Å². The van der Waals surface area contributed by atoms with Gasteiger partial charge in [-0.15, -0.1) is 0 Å². The van der Waals surface area contributed by atoms with Crippen molar-refractivity contribution < 1.29 is 14.9 Å². The highest BCUT2D eigenvalue weighted by Gasteiger charge is 2.71. The predicted molar refractivity (Wildman–Crippen MR) is 92.2 cm³/mol. The van der Waals surface area contributed by atoms with Crippen molar-refractivity contribution >= 4 is 0 Å². The van der Waals surface area contributed by atoms with E-state index in [0.29, 0.717) is 24.4 Å². The second kappa shape index (κ2) is 5.44. The number of aliphatic hydroxyl groups is 2. The minimum Gasteiger partial charge on any atom is -0.396 e. The highest BCUT2D eigenvalue weighted by molar-refractivity contribution is 5.19. The number of rotatable bonds is 5. The number of ether oxygens (including phenoxy) is 1. The van der Waals surface area contributed by atoms with Crippen LogP contribution >= 0.6 is 0 Å². The van der Waals surface area contributed by atoms with E-state index < -0.39 is 5.60 Å². The van der Waals surface area contributed by atoms with Gasteiger partial charge < -0.3 is 14.9 Å². The van der Waals surface area contributed by atoms with Crippen molar-refractivity contribution in [2.75, 3.05) is 6.61 Å². The molecule has 7 atom stereocenters. The molecule has 7 unspecified atom stereocenters. The summed E-state index contributed by atoms with van der Waals surface area (Å²) in [6.45, 7) is 11.6. The molecule has 0 radical (unpaired) electrons. The molecule has 0 amide bonds. The van der Waals surface area contributed by atoms with Crippen molar-refractivity contribution in [3.8, 4) is 0 Å². The molecular weight excluding hydrogens is 288 g/mol. The van der Waals surface area contributed by atoms with Crippen LogP contribution in [0.15, 0.2) is 0 Å². The van der Waals surface area contributed by atoms with Gasteiger partial charge in [0.1, 0.15) is 0 Å². The van der Waals surface area contributed by atoms with E-state index >= 15 is 0 Å². The molecule has 2 N–H and O–H groups in total. The molecule has 0 bridgehead atoms. The van der Waals surface area contributed by atoms with Crippen LogP contribution in [0.5, 0.6) is 0 Å². The first-order chi connectivity index (χ1) is 10.6. The Hall–Kier alpha value is -0.120. The average molecular weight is 325 g/mol. The maximum atomic E-state index is 10.5.